The maximum Gasteiger partial charge on any atom is 0.232 e. The van der Waals surface area contributed by atoms with Crippen LogP contribution in [0, 0.1) is 5.92 Å². The highest BCUT2D eigenvalue weighted by Crippen LogP contribution is 2.41. The van der Waals surface area contributed by atoms with E-state index in [1.54, 1.807) is 7.11 Å². The number of thioether (sulfide) groups is 1. The molecule has 6 heteroatoms. The maximum absolute atomic E-state index is 6.10. The van der Waals surface area contributed by atoms with Crippen LogP contribution in [0.4, 0.5) is 0 Å². The molecule has 5 nitrogen and oxygen atoms in total. The Bertz CT molecular complexity index is 457. The zero-order valence-electron chi connectivity index (χ0n) is 12.2. The summed E-state index contributed by atoms with van der Waals surface area (Å²) < 4.78 is 11.3. The van der Waals surface area contributed by atoms with Crippen molar-refractivity contribution >= 4 is 11.8 Å². The first-order valence-corrected chi connectivity index (χ1v) is 8.52. The van der Waals surface area contributed by atoms with Crippen LogP contribution in [0.3, 0.4) is 0 Å². The van der Waals surface area contributed by atoms with Gasteiger partial charge < -0.3 is 15.0 Å². The third kappa shape index (κ3) is 2.49. The molecule has 1 aromatic heterocycles. The summed E-state index contributed by atoms with van der Waals surface area (Å²) in [4.78, 5) is 4.64. The Morgan fingerprint density at radius 1 is 1.35 bits per heavy atom. The van der Waals surface area contributed by atoms with Crippen molar-refractivity contribution in [3.05, 3.63) is 11.7 Å². The molecule has 1 aliphatic carbocycles. The van der Waals surface area contributed by atoms with Gasteiger partial charge in [-0.15, -0.1) is 0 Å². The number of nitrogens with two attached hydrogens (primary N) is 1. The molecule has 0 amide bonds. The van der Waals surface area contributed by atoms with Gasteiger partial charge >= 0.3 is 0 Å². The third-order valence-corrected chi connectivity index (χ3v) is 5.98. The minimum absolute atomic E-state index is 0.123. The lowest BCUT2D eigenvalue weighted by Crippen LogP contribution is -2.34. The van der Waals surface area contributed by atoms with Gasteiger partial charge in [0.1, 0.15) is 5.60 Å². The number of aromatic nitrogens is 2. The van der Waals surface area contributed by atoms with Gasteiger partial charge in [-0.25, -0.2) is 0 Å². The van der Waals surface area contributed by atoms with Gasteiger partial charge in [0.15, 0.2) is 0 Å². The summed E-state index contributed by atoms with van der Waals surface area (Å²) >= 11 is 1.85. The highest BCUT2D eigenvalue weighted by molar-refractivity contribution is 7.99. The first-order valence-electron chi connectivity index (χ1n) is 7.37. The smallest absolute Gasteiger partial charge is 0.232 e. The molecule has 0 spiro atoms. The Kier molecular flexibility index (Phi) is 4.06. The van der Waals surface area contributed by atoms with Gasteiger partial charge in [0.25, 0.3) is 0 Å². The zero-order valence-corrected chi connectivity index (χ0v) is 13.0. The summed E-state index contributed by atoms with van der Waals surface area (Å²) in [5.41, 5.74) is 5.75. The number of rotatable bonds is 3. The molecule has 2 N–H and O–H groups in total. The average Bonchev–Trinajstić information content (AvgIpc) is 3.09. The molecule has 2 atom stereocenters. The minimum atomic E-state index is -0.357. The molecule has 2 heterocycles. The van der Waals surface area contributed by atoms with Crippen LogP contribution < -0.4 is 5.73 Å². The minimum Gasteiger partial charge on any atom is -0.370 e. The van der Waals surface area contributed by atoms with E-state index in [4.69, 9.17) is 15.0 Å². The second kappa shape index (κ2) is 5.66. The van der Waals surface area contributed by atoms with Crippen LogP contribution in [0.1, 0.15) is 50.2 Å². The molecule has 2 aliphatic rings. The lowest BCUT2D eigenvalue weighted by Gasteiger charge is -2.35. The van der Waals surface area contributed by atoms with E-state index in [2.05, 4.69) is 17.1 Å². The number of hydrogen-bond donors (Lipinski definition) is 1. The van der Waals surface area contributed by atoms with Crippen LogP contribution in [-0.4, -0.2) is 34.8 Å². The van der Waals surface area contributed by atoms with Crippen molar-refractivity contribution in [2.24, 2.45) is 11.7 Å². The molecule has 112 valence electrons. The quantitative estimate of drug-likeness (QED) is 0.922. The largest absolute Gasteiger partial charge is 0.370 e. The van der Waals surface area contributed by atoms with Crippen molar-refractivity contribution in [1.29, 1.82) is 0 Å². The van der Waals surface area contributed by atoms with Crippen LogP contribution in [0.5, 0.6) is 0 Å². The molecule has 0 radical (unpaired) electrons. The molecule has 0 bridgehead atoms. The summed E-state index contributed by atoms with van der Waals surface area (Å²) in [7, 11) is 1.75. The van der Waals surface area contributed by atoms with Crippen molar-refractivity contribution in [3.8, 4) is 0 Å². The number of methoxy groups -OCH3 is 1. The number of nitrogens with zero attached hydrogens (tertiary/aromatic N) is 2. The lowest BCUT2D eigenvalue weighted by molar-refractivity contribution is -0.0609. The predicted molar refractivity (Wildman–Crippen MR) is 78.7 cm³/mol. The summed E-state index contributed by atoms with van der Waals surface area (Å²) in [6.07, 6.45) is 4.23. The fourth-order valence-corrected chi connectivity index (χ4v) is 4.43. The molecule has 3 rings (SSSR count). The third-order valence-electron chi connectivity index (χ3n) is 4.76. The van der Waals surface area contributed by atoms with Gasteiger partial charge in [0.05, 0.1) is 5.92 Å². The molecule has 1 aromatic rings. The normalized spacial score (nSPS) is 38.2. The second-order valence-corrected chi connectivity index (χ2v) is 7.22. The summed E-state index contributed by atoms with van der Waals surface area (Å²) in [5, 5.41) is 4.21. The van der Waals surface area contributed by atoms with Gasteiger partial charge in [-0.3, -0.25) is 0 Å². The standard InChI is InChI=1S/C14H23N3O2S/c1-9-3-5-14(18-2,6-4-9)13-16-12(19-17-13)10-7-20-8-11(10)15/h9-11H,3-8,15H2,1-2H3. The molecule has 1 saturated carbocycles. The molecule has 1 saturated heterocycles. The Hall–Kier alpha value is -0.590. The SMILES string of the molecule is COC1(c2noc(C3CSCC3N)n2)CCC(C)CC1. The lowest BCUT2D eigenvalue weighted by atomic mass is 9.79. The first-order chi connectivity index (χ1) is 9.64. The molecule has 1 aliphatic heterocycles. The zero-order chi connectivity index (χ0) is 14.2. The molecular weight excluding hydrogens is 274 g/mol. The van der Waals surface area contributed by atoms with E-state index in [1.807, 2.05) is 11.8 Å². The van der Waals surface area contributed by atoms with Crippen molar-refractivity contribution < 1.29 is 9.26 Å². The summed E-state index contributed by atoms with van der Waals surface area (Å²) in [5.74, 6) is 4.29. The van der Waals surface area contributed by atoms with E-state index in [-0.39, 0.29) is 17.6 Å². The predicted octanol–water partition coefficient (Wildman–Crippen LogP) is 2.28. The van der Waals surface area contributed by atoms with Gasteiger partial charge in [0, 0.05) is 24.7 Å². The maximum atomic E-state index is 6.10. The van der Waals surface area contributed by atoms with Crippen LogP contribution in [-0.2, 0) is 10.3 Å². The van der Waals surface area contributed by atoms with Crippen LogP contribution >= 0.6 is 11.8 Å². The van der Waals surface area contributed by atoms with Crippen LogP contribution in [0.25, 0.3) is 0 Å². The summed E-state index contributed by atoms with van der Waals surface area (Å²) in [6.45, 7) is 2.29. The monoisotopic (exact) mass is 297 g/mol. The average molecular weight is 297 g/mol. The topological polar surface area (TPSA) is 74.2 Å². The first kappa shape index (κ1) is 14.4. The molecule has 0 aromatic carbocycles. The van der Waals surface area contributed by atoms with E-state index < -0.39 is 0 Å². The Morgan fingerprint density at radius 3 is 2.70 bits per heavy atom. The van der Waals surface area contributed by atoms with Crippen molar-refractivity contribution in [2.75, 3.05) is 18.6 Å². The Morgan fingerprint density at radius 2 is 2.10 bits per heavy atom. The molecule has 20 heavy (non-hydrogen) atoms. The fourth-order valence-electron chi connectivity index (χ4n) is 3.14. The van der Waals surface area contributed by atoms with E-state index in [0.29, 0.717) is 11.7 Å². The molecule has 2 unspecified atom stereocenters. The Balaban J connectivity index is 1.81. The highest BCUT2D eigenvalue weighted by Gasteiger charge is 2.41. The van der Waals surface area contributed by atoms with Crippen LogP contribution in [0.2, 0.25) is 0 Å². The van der Waals surface area contributed by atoms with Crippen molar-refractivity contribution in [1.82, 2.24) is 10.1 Å². The van der Waals surface area contributed by atoms with E-state index in [9.17, 15) is 0 Å². The van der Waals surface area contributed by atoms with Gasteiger partial charge in [-0.1, -0.05) is 12.1 Å². The van der Waals surface area contributed by atoms with Gasteiger partial charge in [-0.2, -0.15) is 16.7 Å². The van der Waals surface area contributed by atoms with Crippen molar-refractivity contribution in [3.63, 3.8) is 0 Å². The second-order valence-electron chi connectivity index (χ2n) is 6.14. The molecule has 2 fully saturated rings. The van der Waals surface area contributed by atoms with E-state index >= 15 is 0 Å². The van der Waals surface area contributed by atoms with E-state index in [1.165, 1.54) is 0 Å². The van der Waals surface area contributed by atoms with E-state index in [0.717, 1.165) is 43.1 Å². The van der Waals surface area contributed by atoms with Gasteiger partial charge in [-0.05, 0) is 31.6 Å². The van der Waals surface area contributed by atoms with Crippen molar-refractivity contribution in [2.45, 2.75) is 50.2 Å². The fraction of sp³-hybridized carbons (Fsp3) is 0.857. The number of hydrogen-bond acceptors (Lipinski definition) is 6. The van der Waals surface area contributed by atoms with Crippen LogP contribution in [0.15, 0.2) is 4.52 Å². The molecular formula is C14H23N3O2S. The number of ether oxygens (including phenoxy) is 1. The summed E-state index contributed by atoms with van der Waals surface area (Å²) in [6, 6.07) is 0.123. The highest BCUT2D eigenvalue weighted by atomic mass is 32.2. The Labute approximate surface area is 124 Å². The van der Waals surface area contributed by atoms with Gasteiger partial charge in [0.2, 0.25) is 11.7 Å².